The lowest BCUT2D eigenvalue weighted by molar-refractivity contribution is 0.0465. The van der Waals surface area contributed by atoms with Crippen molar-refractivity contribution in [2.45, 2.75) is 46.1 Å². The molecule has 4 N–H and O–H groups in total. The third-order valence-corrected chi connectivity index (χ3v) is 4.54. The van der Waals surface area contributed by atoms with Crippen LogP contribution in [-0.4, -0.2) is 12.0 Å². The maximum absolute atomic E-state index is 11.3. The van der Waals surface area contributed by atoms with Crippen LogP contribution in [0.5, 0.6) is 5.75 Å². The molecule has 1 amide bonds. The van der Waals surface area contributed by atoms with Gasteiger partial charge in [0.2, 0.25) is 5.91 Å². The molecule has 0 aromatic heterocycles. The van der Waals surface area contributed by atoms with Crippen LogP contribution in [0.3, 0.4) is 0 Å². The lowest BCUT2D eigenvalue weighted by Gasteiger charge is -2.37. The Hall–Kier alpha value is -1.71. The van der Waals surface area contributed by atoms with Gasteiger partial charge in [-0.25, -0.2) is 0 Å². The summed E-state index contributed by atoms with van der Waals surface area (Å²) in [4.78, 5) is 11.3. The highest BCUT2D eigenvalue weighted by Crippen LogP contribution is 2.37. The van der Waals surface area contributed by atoms with E-state index in [1.54, 1.807) is 18.2 Å². The van der Waals surface area contributed by atoms with E-state index in [1.165, 1.54) is 12.8 Å². The maximum Gasteiger partial charge on any atom is 0.248 e. The van der Waals surface area contributed by atoms with Crippen LogP contribution in [0, 0.1) is 17.8 Å². The molecule has 1 aliphatic carbocycles. The summed E-state index contributed by atoms with van der Waals surface area (Å²) in [6, 6.07) is 4.98. The Morgan fingerprint density at radius 3 is 2.67 bits per heavy atom. The number of hydrogen-bond donors (Lipinski definition) is 2. The topological polar surface area (TPSA) is 78.3 Å². The molecule has 0 saturated heterocycles. The molecule has 3 atom stereocenters. The first-order chi connectivity index (χ1) is 9.88. The second-order valence-electron chi connectivity index (χ2n) is 6.60. The number of primary amides is 1. The van der Waals surface area contributed by atoms with Crippen molar-refractivity contribution in [2.24, 2.45) is 23.5 Å². The highest BCUT2D eigenvalue weighted by atomic mass is 16.5. The molecule has 1 aliphatic rings. The fourth-order valence-corrected chi connectivity index (χ4v) is 3.20. The van der Waals surface area contributed by atoms with Crippen LogP contribution in [-0.2, 0) is 0 Å². The van der Waals surface area contributed by atoms with E-state index in [9.17, 15) is 4.79 Å². The fourth-order valence-electron chi connectivity index (χ4n) is 3.20. The number of carbonyl (C=O) groups excluding carboxylic acids is 1. The largest absolute Gasteiger partial charge is 0.488 e. The van der Waals surface area contributed by atoms with Gasteiger partial charge in [-0.05, 0) is 48.8 Å². The Balaban J connectivity index is 2.22. The van der Waals surface area contributed by atoms with Gasteiger partial charge < -0.3 is 16.2 Å². The molecule has 116 valence electrons. The number of amides is 1. The third-order valence-electron chi connectivity index (χ3n) is 4.54. The number of nitrogen functional groups attached to an aromatic ring is 1. The number of hydrogen-bond acceptors (Lipinski definition) is 3. The van der Waals surface area contributed by atoms with Crippen molar-refractivity contribution >= 4 is 11.6 Å². The van der Waals surface area contributed by atoms with E-state index in [0.717, 1.165) is 6.42 Å². The Morgan fingerprint density at radius 1 is 1.33 bits per heavy atom. The first kappa shape index (κ1) is 15.7. The van der Waals surface area contributed by atoms with Gasteiger partial charge in [0.25, 0.3) is 0 Å². The Bertz CT molecular complexity index is 514. The molecule has 4 heteroatoms. The zero-order valence-electron chi connectivity index (χ0n) is 13.1. The van der Waals surface area contributed by atoms with Gasteiger partial charge >= 0.3 is 0 Å². The van der Waals surface area contributed by atoms with E-state index in [-0.39, 0.29) is 6.10 Å². The van der Waals surface area contributed by atoms with Crippen molar-refractivity contribution in [3.05, 3.63) is 23.8 Å². The van der Waals surface area contributed by atoms with Crippen molar-refractivity contribution in [3.63, 3.8) is 0 Å². The Labute approximate surface area is 126 Å². The zero-order chi connectivity index (χ0) is 15.6. The summed E-state index contributed by atoms with van der Waals surface area (Å²) in [5.74, 6) is 1.87. The van der Waals surface area contributed by atoms with Crippen LogP contribution >= 0.6 is 0 Å². The minimum atomic E-state index is -0.461. The lowest BCUT2D eigenvalue weighted by atomic mass is 9.75. The van der Waals surface area contributed by atoms with Crippen LogP contribution in [0.15, 0.2) is 18.2 Å². The molecule has 2 rings (SSSR count). The second-order valence-corrected chi connectivity index (χ2v) is 6.60. The number of anilines is 1. The van der Waals surface area contributed by atoms with E-state index in [1.807, 2.05) is 0 Å². The predicted octanol–water partition coefficient (Wildman–Crippen LogP) is 3.21. The summed E-state index contributed by atoms with van der Waals surface area (Å²) in [6.45, 7) is 6.73. The number of benzene rings is 1. The molecule has 0 bridgehead atoms. The molecular weight excluding hydrogens is 264 g/mol. The van der Waals surface area contributed by atoms with E-state index in [0.29, 0.717) is 34.8 Å². The zero-order valence-corrected chi connectivity index (χ0v) is 13.1. The summed E-state index contributed by atoms with van der Waals surface area (Å²) in [5, 5.41) is 0. The maximum atomic E-state index is 11.3. The summed E-state index contributed by atoms with van der Waals surface area (Å²) < 4.78 is 6.19. The summed E-state index contributed by atoms with van der Waals surface area (Å²) in [5.41, 5.74) is 12.3. The molecule has 3 unspecified atom stereocenters. The molecule has 1 aromatic rings. The average molecular weight is 290 g/mol. The minimum absolute atomic E-state index is 0.152. The van der Waals surface area contributed by atoms with Crippen molar-refractivity contribution in [3.8, 4) is 5.75 Å². The van der Waals surface area contributed by atoms with Crippen molar-refractivity contribution in [2.75, 3.05) is 5.73 Å². The molecule has 0 aliphatic heterocycles. The summed E-state index contributed by atoms with van der Waals surface area (Å²) >= 11 is 0. The van der Waals surface area contributed by atoms with Crippen molar-refractivity contribution in [1.82, 2.24) is 0 Å². The number of rotatable bonds is 4. The van der Waals surface area contributed by atoms with Crippen LogP contribution in [0.1, 0.15) is 50.4 Å². The minimum Gasteiger partial charge on any atom is -0.488 e. The molecule has 4 nitrogen and oxygen atoms in total. The predicted molar refractivity (Wildman–Crippen MR) is 85.1 cm³/mol. The van der Waals surface area contributed by atoms with Gasteiger partial charge in [-0.15, -0.1) is 0 Å². The van der Waals surface area contributed by atoms with Crippen LogP contribution < -0.4 is 16.2 Å². The smallest absolute Gasteiger partial charge is 0.248 e. The lowest BCUT2D eigenvalue weighted by Crippen LogP contribution is -2.36. The molecule has 0 spiro atoms. The van der Waals surface area contributed by atoms with Crippen LogP contribution in [0.4, 0.5) is 5.69 Å². The van der Waals surface area contributed by atoms with E-state index >= 15 is 0 Å². The standard InChI is InChI=1S/C17H26N2O2/c1-10(2)13-6-4-11(3)8-15(13)21-16-9-12(17(19)20)5-7-14(16)18/h5,7,9-11,13,15H,4,6,8,18H2,1-3H3,(H2,19,20). The molecule has 0 radical (unpaired) electrons. The van der Waals surface area contributed by atoms with Gasteiger partial charge in [-0.1, -0.05) is 27.2 Å². The van der Waals surface area contributed by atoms with E-state index in [4.69, 9.17) is 16.2 Å². The monoisotopic (exact) mass is 290 g/mol. The summed E-state index contributed by atoms with van der Waals surface area (Å²) in [6.07, 6.45) is 3.61. The normalized spacial score (nSPS) is 25.8. The van der Waals surface area contributed by atoms with Gasteiger partial charge in [0, 0.05) is 5.56 Å². The number of ether oxygens (including phenoxy) is 1. The van der Waals surface area contributed by atoms with Gasteiger partial charge in [0.15, 0.2) is 0 Å². The first-order valence-electron chi connectivity index (χ1n) is 7.74. The molecule has 21 heavy (non-hydrogen) atoms. The number of carbonyl (C=O) groups is 1. The molecule has 0 heterocycles. The van der Waals surface area contributed by atoms with Gasteiger partial charge in [-0.3, -0.25) is 4.79 Å². The quantitative estimate of drug-likeness (QED) is 0.836. The van der Waals surface area contributed by atoms with Crippen LogP contribution in [0.25, 0.3) is 0 Å². The van der Waals surface area contributed by atoms with Gasteiger partial charge in [0.1, 0.15) is 11.9 Å². The van der Waals surface area contributed by atoms with E-state index in [2.05, 4.69) is 20.8 Å². The molecule has 1 saturated carbocycles. The van der Waals surface area contributed by atoms with Gasteiger partial charge in [0.05, 0.1) is 5.69 Å². The Kier molecular flexibility index (Phi) is 4.76. The molecular formula is C17H26N2O2. The molecule has 1 aromatic carbocycles. The highest BCUT2D eigenvalue weighted by molar-refractivity contribution is 5.93. The summed E-state index contributed by atoms with van der Waals surface area (Å²) in [7, 11) is 0. The average Bonchev–Trinajstić information content (AvgIpc) is 2.40. The van der Waals surface area contributed by atoms with Crippen molar-refractivity contribution < 1.29 is 9.53 Å². The van der Waals surface area contributed by atoms with E-state index < -0.39 is 5.91 Å². The SMILES string of the molecule is CC1CCC(C(C)C)C(Oc2cc(C(N)=O)ccc2N)C1. The Morgan fingerprint density at radius 2 is 2.05 bits per heavy atom. The fraction of sp³-hybridized carbons (Fsp3) is 0.588. The second kappa shape index (κ2) is 6.37. The highest BCUT2D eigenvalue weighted by Gasteiger charge is 2.32. The first-order valence-corrected chi connectivity index (χ1v) is 7.74. The molecule has 1 fully saturated rings. The number of nitrogens with two attached hydrogens (primary N) is 2. The van der Waals surface area contributed by atoms with Crippen molar-refractivity contribution in [1.29, 1.82) is 0 Å². The van der Waals surface area contributed by atoms with Gasteiger partial charge in [-0.2, -0.15) is 0 Å². The van der Waals surface area contributed by atoms with Crippen LogP contribution in [0.2, 0.25) is 0 Å². The third kappa shape index (κ3) is 3.69.